The van der Waals surface area contributed by atoms with Crippen LogP contribution in [0.4, 0.5) is 8.78 Å². The minimum absolute atomic E-state index is 0.0301. The zero-order valence-corrected chi connectivity index (χ0v) is 38.1. The Kier molecular flexibility index (Phi) is 20.1. The van der Waals surface area contributed by atoms with Crippen LogP contribution in [0.5, 0.6) is 11.5 Å². The molecule has 1 fully saturated rings. The van der Waals surface area contributed by atoms with Crippen molar-refractivity contribution in [1.29, 1.82) is 0 Å². The third kappa shape index (κ3) is 16.6. The summed E-state index contributed by atoms with van der Waals surface area (Å²) in [6.07, 6.45) is 4.06. The monoisotopic (exact) mass is 940 g/mol. The van der Waals surface area contributed by atoms with Crippen LogP contribution in [0.15, 0.2) is 78.1 Å². The Labute approximate surface area is 382 Å². The maximum Gasteiger partial charge on any atom is 0.290 e. The maximum atomic E-state index is 14.1. The summed E-state index contributed by atoms with van der Waals surface area (Å²) >= 11 is 0. The minimum Gasteiger partial charge on any atom is -0.457 e. The molecule has 0 saturated heterocycles. The highest BCUT2D eigenvalue weighted by Gasteiger charge is 2.37. The Bertz CT molecular complexity index is 2250. The number of halogens is 2. The molecule has 358 valence electrons. The minimum atomic E-state index is -4.52. The quantitative estimate of drug-likeness (QED) is 0.0703. The smallest absolute Gasteiger partial charge is 0.290 e. The highest BCUT2D eigenvalue weighted by atomic mass is 32.2. The van der Waals surface area contributed by atoms with E-state index in [1.807, 2.05) is 19.2 Å². The molecule has 1 saturated carbocycles. The van der Waals surface area contributed by atoms with Crippen molar-refractivity contribution in [3.63, 3.8) is 0 Å². The fourth-order valence-corrected chi connectivity index (χ4v) is 8.24. The van der Waals surface area contributed by atoms with Crippen LogP contribution in [-0.4, -0.2) is 96.7 Å². The zero-order valence-electron chi connectivity index (χ0n) is 37.3. The van der Waals surface area contributed by atoms with E-state index in [0.717, 1.165) is 25.3 Å². The Morgan fingerprint density at radius 2 is 1.44 bits per heavy atom. The third-order valence-corrected chi connectivity index (χ3v) is 12.2. The average Bonchev–Trinajstić information content (AvgIpc) is 3.29. The van der Waals surface area contributed by atoms with Crippen molar-refractivity contribution in [2.45, 2.75) is 121 Å². The molecule has 1 aromatic heterocycles. The number of sulfonamides is 1. The van der Waals surface area contributed by atoms with Crippen molar-refractivity contribution in [2.75, 3.05) is 6.54 Å². The first-order valence-electron chi connectivity index (χ1n) is 21.8. The van der Waals surface area contributed by atoms with Crippen LogP contribution in [0.2, 0.25) is 0 Å². The molecule has 21 heteroatoms. The lowest BCUT2D eigenvalue weighted by atomic mass is 9.84. The van der Waals surface area contributed by atoms with E-state index in [9.17, 15) is 50.8 Å². The summed E-state index contributed by atoms with van der Waals surface area (Å²) in [4.78, 5) is 101. The van der Waals surface area contributed by atoms with Gasteiger partial charge in [0.1, 0.15) is 41.4 Å². The topological polar surface area (TPSA) is 261 Å². The highest BCUT2D eigenvalue weighted by Crippen LogP contribution is 2.28. The number of aromatic nitrogens is 2. The van der Waals surface area contributed by atoms with Crippen molar-refractivity contribution in [2.24, 2.45) is 17.8 Å². The predicted octanol–water partition coefficient (Wildman–Crippen LogP) is 3.73. The van der Waals surface area contributed by atoms with Crippen LogP contribution in [0.1, 0.15) is 96.0 Å². The van der Waals surface area contributed by atoms with Crippen LogP contribution < -0.4 is 36.0 Å². The van der Waals surface area contributed by atoms with Crippen molar-refractivity contribution in [3.8, 4) is 11.5 Å². The number of Topliss-reactive ketones (excluding diaryl/α,β-unsaturated/α-hetero) is 1. The Morgan fingerprint density at radius 1 is 0.773 bits per heavy atom. The summed E-state index contributed by atoms with van der Waals surface area (Å²) < 4.78 is 61.2. The number of nitrogens with one attached hydrogen (secondary N) is 6. The number of hydrogen-bond donors (Lipinski definition) is 6. The molecule has 5 atom stereocenters. The number of carbonyl (C=O) groups is 7. The number of rotatable bonds is 24. The third-order valence-electron chi connectivity index (χ3n) is 10.9. The van der Waals surface area contributed by atoms with E-state index in [-0.39, 0.29) is 41.0 Å². The van der Waals surface area contributed by atoms with Gasteiger partial charge in [0.15, 0.2) is 0 Å². The molecule has 6 amide bonds. The van der Waals surface area contributed by atoms with Crippen LogP contribution in [-0.2, 0) is 38.8 Å². The average molecular weight is 941 g/mol. The molecule has 1 heterocycles. The van der Waals surface area contributed by atoms with E-state index in [4.69, 9.17) is 4.74 Å². The van der Waals surface area contributed by atoms with Gasteiger partial charge < -0.3 is 31.3 Å². The van der Waals surface area contributed by atoms with Gasteiger partial charge in [-0.3, -0.25) is 38.5 Å². The lowest BCUT2D eigenvalue weighted by Gasteiger charge is -2.31. The molecule has 4 rings (SSSR count). The summed E-state index contributed by atoms with van der Waals surface area (Å²) in [6, 6.07) is 7.81. The number of ether oxygens (including phenoxy) is 1. The molecule has 0 radical (unpaired) electrons. The van der Waals surface area contributed by atoms with E-state index in [1.54, 1.807) is 48.9 Å². The number of amides is 6. The maximum absolute atomic E-state index is 14.1. The van der Waals surface area contributed by atoms with Gasteiger partial charge in [-0.15, -0.1) is 0 Å². The number of benzene rings is 2. The molecule has 0 spiro atoms. The fourth-order valence-electron chi connectivity index (χ4n) is 7.22. The molecule has 3 aromatic rings. The zero-order chi connectivity index (χ0) is 48.4. The number of hydrogen-bond acceptors (Lipinski definition) is 12. The first-order chi connectivity index (χ1) is 31.4. The van der Waals surface area contributed by atoms with Crippen molar-refractivity contribution in [3.05, 3.63) is 78.9 Å². The molecular formula is C45H58F2N8O10S. The second-order valence-electron chi connectivity index (χ2n) is 16.6. The Balaban J connectivity index is 1.45. The van der Waals surface area contributed by atoms with E-state index in [2.05, 4.69) is 31.2 Å². The first kappa shape index (κ1) is 52.2. The molecule has 0 aliphatic heterocycles. The van der Waals surface area contributed by atoms with Crippen molar-refractivity contribution >= 4 is 51.2 Å². The largest absolute Gasteiger partial charge is 0.457 e. The Hall–Kier alpha value is -6.38. The second-order valence-corrected chi connectivity index (χ2v) is 18.3. The van der Waals surface area contributed by atoms with E-state index < -0.39 is 101 Å². The molecule has 66 heavy (non-hydrogen) atoms. The molecule has 0 bridgehead atoms. The van der Waals surface area contributed by atoms with E-state index >= 15 is 0 Å². The number of nitrogens with zero attached hydrogens (tertiary/aromatic N) is 2. The summed E-state index contributed by atoms with van der Waals surface area (Å²) in [6.45, 7) is 6.09. The molecule has 1 aliphatic rings. The van der Waals surface area contributed by atoms with Crippen LogP contribution in [0.25, 0.3) is 0 Å². The van der Waals surface area contributed by atoms with E-state index in [1.165, 1.54) is 36.8 Å². The summed E-state index contributed by atoms with van der Waals surface area (Å²) in [5, 5.41) is 12.1. The number of para-hydroxylation sites is 1. The van der Waals surface area contributed by atoms with Gasteiger partial charge in [0.05, 0.1) is 17.6 Å². The lowest BCUT2D eigenvalue weighted by molar-refractivity contribution is -0.141. The molecule has 1 aliphatic carbocycles. The van der Waals surface area contributed by atoms with Gasteiger partial charge in [0.2, 0.25) is 29.9 Å². The molecular weight excluding hydrogens is 883 g/mol. The fraction of sp³-hybridized carbons (Fsp3) is 0.489. The van der Waals surface area contributed by atoms with Crippen molar-refractivity contribution < 1.29 is 55.5 Å². The summed E-state index contributed by atoms with van der Waals surface area (Å²) in [7, 11) is -4.52. The van der Waals surface area contributed by atoms with Crippen LogP contribution >= 0.6 is 0 Å². The number of alkyl halides is 2. The van der Waals surface area contributed by atoms with E-state index in [0.29, 0.717) is 25.0 Å². The van der Waals surface area contributed by atoms with Crippen molar-refractivity contribution in [1.82, 2.24) is 41.3 Å². The predicted molar refractivity (Wildman–Crippen MR) is 236 cm³/mol. The number of ketones is 1. The second kappa shape index (κ2) is 25.4. The van der Waals surface area contributed by atoms with Gasteiger partial charge in [-0.05, 0) is 54.9 Å². The molecule has 2 aromatic carbocycles. The number of carbonyl (C=O) groups excluding carboxylic acids is 7. The summed E-state index contributed by atoms with van der Waals surface area (Å²) in [5.41, 5.74) is -0.0301. The highest BCUT2D eigenvalue weighted by molar-refractivity contribution is 7.90. The molecule has 6 N–H and O–H groups in total. The van der Waals surface area contributed by atoms with Crippen LogP contribution in [0.3, 0.4) is 0 Å². The standard InChI is InChI=1S/C45H58F2N8O10S/c1-5-28(4)39(54-42(59)34(21-27(2)3)52-43(60)36-25-48-19-20-49-36)44(61)53-35(22-29-13-8-6-9-14-29)41(58)51-33(24-37(46)47)40(57)45(62)50-26-38(56)55-66(63,64)32-18-12-17-31(23-32)65-30-15-10-7-11-16-30/h7,10-12,15-20,23,25,27-29,33-35,37,39H,5-6,8-9,13-14,21-22,24,26H2,1-4H3,(H,50,62)(H,51,58)(H,52,60)(H,53,61)(H,54,59)(H,55,56). The van der Waals surface area contributed by atoms with Gasteiger partial charge in [0.25, 0.3) is 27.7 Å². The first-order valence-corrected chi connectivity index (χ1v) is 23.3. The van der Waals surface area contributed by atoms with Gasteiger partial charge in [-0.1, -0.05) is 90.5 Å². The molecule has 5 unspecified atom stereocenters. The normalized spacial score (nSPS) is 15.3. The van der Waals surface area contributed by atoms with Gasteiger partial charge in [0, 0.05) is 24.9 Å². The van der Waals surface area contributed by atoms with Gasteiger partial charge in [-0.25, -0.2) is 26.9 Å². The summed E-state index contributed by atoms with van der Waals surface area (Å²) in [5.74, 6) is -7.70. The molecule has 18 nitrogen and oxygen atoms in total. The van der Waals surface area contributed by atoms with Crippen LogP contribution in [0, 0.1) is 17.8 Å². The van der Waals surface area contributed by atoms with Gasteiger partial charge >= 0.3 is 0 Å². The SMILES string of the molecule is CCC(C)C(NC(=O)C(CC(C)C)NC(=O)c1cnccn1)C(=O)NC(CC1CCCCC1)C(=O)NC(CC(F)F)C(=O)C(=O)NCC(=O)NS(=O)(=O)c1cccc(Oc2ccccc2)c1. The Morgan fingerprint density at radius 3 is 2.08 bits per heavy atom. The lowest BCUT2D eigenvalue weighted by Crippen LogP contribution is -2.60. The van der Waals surface area contributed by atoms with Gasteiger partial charge in [-0.2, -0.15) is 0 Å².